The number of allylic oxidation sites excluding steroid dienone is 4. The summed E-state index contributed by atoms with van der Waals surface area (Å²) in [6.07, 6.45) is -1.72. The van der Waals surface area contributed by atoms with Gasteiger partial charge in [0.05, 0.1) is 5.69 Å². The van der Waals surface area contributed by atoms with Gasteiger partial charge in [0.1, 0.15) is 0 Å². The number of hydrogen-bond acceptors (Lipinski definition) is 3. The maximum Gasteiger partial charge on any atom is 0.459 e. The van der Waals surface area contributed by atoms with Crippen molar-refractivity contribution in [2.75, 3.05) is 21.1 Å². The van der Waals surface area contributed by atoms with Gasteiger partial charge < -0.3 is 4.90 Å². The molecule has 0 N–H and O–H groups in total. The van der Waals surface area contributed by atoms with E-state index in [0.29, 0.717) is 28.8 Å². The molecule has 1 heterocycles. The van der Waals surface area contributed by atoms with Gasteiger partial charge in [-0.25, -0.2) is 0 Å². The number of pyridine rings is 1. The summed E-state index contributed by atoms with van der Waals surface area (Å²) >= 11 is 0. The Kier molecular flexibility index (Phi) is 10.1. The molecule has 0 fully saturated rings. The van der Waals surface area contributed by atoms with Crippen LogP contribution < -0.4 is 0 Å². The minimum atomic E-state index is -6.39. The Morgan fingerprint density at radius 2 is 1.71 bits per heavy atom. The molecule has 10 heteroatoms. The van der Waals surface area contributed by atoms with Crippen molar-refractivity contribution in [3.8, 4) is 11.3 Å². The van der Waals surface area contributed by atoms with Gasteiger partial charge >= 0.3 is 18.0 Å². The summed E-state index contributed by atoms with van der Waals surface area (Å²) in [4.78, 5) is 10.2. The lowest BCUT2D eigenvalue weighted by Crippen LogP contribution is -2.52. The van der Waals surface area contributed by atoms with E-state index in [1.165, 1.54) is 13.3 Å². The van der Waals surface area contributed by atoms with E-state index in [1.807, 2.05) is 38.2 Å². The second-order valence-electron chi connectivity index (χ2n) is 8.76. The van der Waals surface area contributed by atoms with Gasteiger partial charge in [0.25, 0.3) is 0 Å². The van der Waals surface area contributed by atoms with E-state index in [0.717, 1.165) is 11.1 Å². The Morgan fingerprint density at radius 1 is 1.03 bits per heavy atom. The highest BCUT2D eigenvalue weighted by Crippen LogP contribution is 2.48. The third-order valence-electron chi connectivity index (χ3n) is 5.58. The number of aryl methyl sites for hydroxylation is 1. The number of nitrogens with zero attached hydrogens (tertiary/aromatic N) is 3. The van der Waals surface area contributed by atoms with Crippen molar-refractivity contribution < 1.29 is 30.7 Å². The van der Waals surface area contributed by atoms with Crippen LogP contribution in [0.5, 0.6) is 0 Å². The average Bonchev–Trinajstić information content (AvgIpc) is 2.85. The molecule has 3 nitrogen and oxygen atoms in total. The van der Waals surface area contributed by atoms with Crippen molar-refractivity contribution in [2.45, 2.75) is 44.2 Å². The van der Waals surface area contributed by atoms with E-state index in [2.05, 4.69) is 16.6 Å². The molecule has 0 unspecified atom stereocenters. The van der Waals surface area contributed by atoms with Crippen molar-refractivity contribution >= 4 is 17.4 Å². The van der Waals surface area contributed by atoms with Gasteiger partial charge in [-0.3, -0.25) is 9.98 Å². The third-order valence-corrected chi connectivity index (χ3v) is 5.58. The first kappa shape index (κ1) is 30.8. The fourth-order valence-corrected chi connectivity index (χ4v) is 3.73. The molecular weight excluding hydrogens is 511 g/mol. The predicted octanol–water partition coefficient (Wildman–Crippen LogP) is 8.10. The van der Waals surface area contributed by atoms with Crippen LogP contribution in [0.4, 0.5) is 30.7 Å². The highest BCUT2D eigenvalue weighted by atomic mass is 19.4. The largest absolute Gasteiger partial charge is 0.459 e. The third kappa shape index (κ3) is 7.11. The van der Waals surface area contributed by atoms with Crippen molar-refractivity contribution in [1.29, 1.82) is 0 Å². The van der Waals surface area contributed by atoms with E-state index in [1.54, 1.807) is 42.5 Å². The molecular formula is C28H30F7N3. The maximum atomic E-state index is 14.2. The van der Waals surface area contributed by atoms with Gasteiger partial charge in [-0.1, -0.05) is 49.9 Å². The van der Waals surface area contributed by atoms with E-state index in [4.69, 9.17) is 0 Å². The van der Waals surface area contributed by atoms with E-state index in [9.17, 15) is 30.7 Å². The second kappa shape index (κ2) is 12.4. The van der Waals surface area contributed by atoms with Crippen LogP contribution in [-0.2, 0) is 6.42 Å². The van der Waals surface area contributed by atoms with Crippen molar-refractivity contribution in [3.05, 3.63) is 78.1 Å². The minimum absolute atomic E-state index is 0.0436. The van der Waals surface area contributed by atoms with Crippen molar-refractivity contribution in [2.24, 2.45) is 4.99 Å². The van der Waals surface area contributed by atoms with Gasteiger partial charge in [0.15, 0.2) is 0 Å². The zero-order valence-electron chi connectivity index (χ0n) is 21.6. The summed E-state index contributed by atoms with van der Waals surface area (Å²) < 4.78 is 93.5. The first-order valence-corrected chi connectivity index (χ1v) is 11.7. The molecule has 0 aliphatic heterocycles. The van der Waals surface area contributed by atoms with Gasteiger partial charge in [0, 0.05) is 56.8 Å². The Labute approximate surface area is 218 Å². The standard InChI is InChI=1S/C28H30F7N3/c1-6-9-22(17-36-3)23-12-13-24(21-11-8-10-20(16-21)19(7-2)18-38(4)5)37-25(23)14-15-26(29,30)27(31,32)28(33,34)35/h7-13,16-18H,2,6,14-15H2,1,3-5H3/b19-18+,22-9+,36-17?. The van der Waals surface area contributed by atoms with Crippen molar-refractivity contribution in [1.82, 2.24) is 9.88 Å². The van der Waals surface area contributed by atoms with Gasteiger partial charge in [-0.15, -0.1) is 0 Å². The second-order valence-corrected chi connectivity index (χ2v) is 8.76. The molecule has 0 atom stereocenters. The Balaban J connectivity index is 2.62. The number of alkyl halides is 7. The molecule has 1 aromatic heterocycles. The van der Waals surface area contributed by atoms with Crippen LogP contribution in [-0.4, -0.2) is 55.3 Å². The number of aliphatic imine (C=N–C) groups is 1. The normalized spacial score (nSPS) is 13.8. The lowest BCUT2D eigenvalue weighted by molar-refractivity contribution is -0.355. The quantitative estimate of drug-likeness (QED) is 0.163. The van der Waals surface area contributed by atoms with Gasteiger partial charge in [0.2, 0.25) is 0 Å². The van der Waals surface area contributed by atoms with Crippen LogP contribution in [0.25, 0.3) is 22.4 Å². The molecule has 38 heavy (non-hydrogen) atoms. The van der Waals surface area contributed by atoms with Crippen LogP contribution in [0, 0.1) is 0 Å². The topological polar surface area (TPSA) is 28.5 Å². The Bertz CT molecular complexity index is 1210. The molecule has 2 rings (SSSR count). The monoisotopic (exact) mass is 541 g/mol. The minimum Gasteiger partial charge on any atom is -0.383 e. The first-order valence-electron chi connectivity index (χ1n) is 11.7. The summed E-state index contributed by atoms with van der Waals surface area (Å²) in [7, 11) is 5.19. The molecule has 0 aliphatic rings. The zero-order valence-corrected chi connectivity index (χ0v) is 21.6. The molecule has 0 radical (unpaired) electrons. The Hall–Kier alpha value is -3.43. The predicted molar refractivity (Wildman–Crippen MR) is 138 cm³/mol. The first-order chi connectivity index (χ1) is 17.7. The summed E-state index contributed by atoms with van der Waals surface area (Å²) in [5, 5.41) is 0. The van der Waals surface area contributed by atoms with Crippen molar-refractivity contribution in [3.63, 3.8) is 0 Å². The molecule has 0 spiro atoms. The van der Waals surface area contributed by atoms with Crippen LogP contribution in [0.15, 0.2) is 66.3 Å². The summed E-state index contributed by atoms with van der Waals surface area (Å²) in [6.45, 7) is 5.64. The molecule has 0 saturated carbocycles. The van der Waals surface area contributed by atoms with E-state index in [-0.39, 0.29) is 5.69 Å². The van der Waals surface area contributed by atoms with Gasteiger partial charge in [-0.2, -0.15) is 30.7 Å². The summed E-state index contributed by atoms with van der Waals surface area (Å²) in [5.74, 6) is -11.5. The van der Waals surface area contributed by atoms with Crippen LogP contribution in [0.1, 0.15) is 36.6 Å². The highest BCUT2D eigenvalue weighted by Gasteiger charge is 2.72. The lowest BCUT2D eigenvalue weighted by atomic mass is 9.96. The summed E-state index contributed by atoms with van der Waals surface area (Å²) in [5.41, 5.74) is 3.30. The Morgan fingerprint density at radius 3 is 2.26 bits per heavy atom. The van der Waals surface area contributed by atoms with E-state index >= 15 is 0 Å². The number of aromatic nitrogens is 1. The van der Waals surface area contributed by atoms with E-state index < -0.39 is 30.9 Å². The smallest absolute Gasteiger partial charge is 0.383 e. The highest BCUT2D eigenvalue weighted by molar-refractivity contribution is 6.10. The number of halogens is 7. The fraction of sp³-hybridized carbons (Fsp3) is 0.357. The average molecular weight is 542 g/mol. The molecule has 206 valence electrons. The molecule has 2 aromatic rings. The van der Waals surface area contributed by atoms with Crippen LogP contribution >= 0.6 is 0 Å². The molecule has 0 amide bonds. The van der Waals surface area contributed by atoms with Gasteiger partial charge in [-0.05, 0) is 41.7 Å². The number of rotatable bonds is 11. The van der Waals surface area contributed by atoms with Crippen LogP contribution in [0.2, 0.25) is 0 Å². The summed E-state index contributed by atoms with van der Waals surface area (Å²) in [6, 6.07) is 10.3. The van der Waals surface area contributed by atoms with Crippen LogP contribution in [0.3, 0.4) is 0 Å². The number of hydrogen-bond donors (Lipinski definition) is 0. The lowest BCUT2D eigenvalue weighted by Gasteiger charge is -2.28. The SMILES string of the molecule is C=C/C(=C\N(C)C)c1cccc(-c2ccc(/C(C=NC)=C/CC)c(CCC(F)(F)C(F)(F)C(F)(F)F)n2)c1. The zero-order chi connectivity index (χ0) is 28.7. The number of benzene rings is 1. The molecule has 0 aliphatic carbocycles. The maximum absolute atomic E-state index is 14.2. The molecule has 1 aromatic carbocycles. The molecule has 0 saturated heterocycles. The molecule has 0 bridgehead atoms. The fourth-order valence-electron chi connectivity index (χ4n) is 3.73.